The lowest BCUT2D eigenvalue weighted by atomic mass is 10.1. The summed E-state index contributed by atoms with van der Waals surface area (Å²) < 4.78 is 26.5. The van der Waals surface area contributed by atoms with E-state index in [0.29, 0.717) is 25.2 Å². The molecular weight excluding hydrogens is 386 g/mol. The van der Waals surface area contributed by atoms with Crippen molar-refractivity contribution in [2.75, 3.05) is 41.6 Å². The molecule has 0 spiro atoms. The molecule has 1 amide bonds. The highest BCUT2D eigenvalue weighted by Crippen LogP contribution is 2.25. The quantitative estimate of drug-likeness (QED) is 0.728. The number of para-hydroxylation sites is 1. The summed E-state index contributed by atoms with van der Waals surface area (Å²) in [6.45, 7) is 6.43. The van der Waals surface area contributed by atoms with Crippen molar-refractivity contribution in [1.82, 2.24) is 4.90 Å². The van der Waals surface area contributed by atoms with Crippen LogP contribution in [0, 0.1) is 6.92 Å². The van der Waals surface area contributed by atoms with Crippen molar-refractivity contribution in [3.8, 4) is 0 Å². The van der Waals surface area contributed by atoms with Gasteiger partial charge >= 0.3 is 0 Å². The predicted molar refractivity (Wildman–Crippen MR) is 118 cm³/mol. The van der Waals surface area contributed by atoms with E-state index in [2.05, 4.69) is 17.0 Å². The van der Waals surface area contributed by atoms with Crippen LogP contribution in [0.2, 0.25) is 0 Å². The molecule has 0 N–H and O–H groups in total. The molecule has 3 rings (SSSR count). The summed E-state index contributed by atoms with van der Waals surface area (Å²) in [5.74, 6) is -0.133. The Morgan fingerprint density at radius 3 is 2.10 bits per heavy atom. The Bertz CT molecular complexity index is 922. The number of carbonyl (C=O) groups excluding carboxylic acids is 1. The van der Waals surface area contributed by atoms with Crippen molar-refractivity contribution < 1.29 is 13.2 Å². The highest BCUT2D eigenvalue weighted by Gasteiger charge is 2.35. The third-order valence-electron chi connectivity index (χ3n) is 5.31. The van der Waals surface area contributed by atoms with Crippen LogP contribution >= 0.6 is 0 Å². The van der Waals surface area contributed by atoms with E-state index in [1.54, 1.807) is 17.0 Å². The first-order valence-electron chi connectivity index (χ1n) is 9.96. The third kappa shape index (κ3) is 4.90. The predicted octanol–water partition coefficient (Wildman–Crippen LogP) is 2.89. The van der Waals surface area contributed by atoms with Gasteiger partial charge in [0.25, 0.3) is 0 Å². The molecule has 1 heterocycles. The monoisotopic (exact) mass is 415 g/mol. The Balaban J connectivity index is 1.77. The van der Waals surface area contributed by atoms with Gasteiger partial charge < -0.3 is 9.80 Å². The lowest BCUT2D eigenvalue weighted by Gasteiger charge is -2.39. The van der Waals surface area contributed by atoms with Crippen molar-refractivity contribution >= 4 is 27.3 Å². The van der Waals surface area contributed by atoms with Gasteiger partial charge in [-0.05, 0) is 37.6 Å². The van der Waals surface area contributed by atoms with Gasteiger partial charge in [-0.2, -0.15) is 0 Å². The Morgan fingerprint density at radius 1 is 1.00 bits per heavy atom. The molecule has 0 aromatic heterocycles. The van der Waals surface area contributed by atoms with Gasteiger partial charge in [-0.25, -0.2) is 8.42 Å². The zero-order chi connectivity index (χ0) is 21.0. The van der Waals surface area contributed by atoms with Crippen LogP contribution in [0.4, 0.5) is 11.4 Å². The molecule has 1 atom stereocenters. The first-order chi connectivity index (χ1) is 13.8. The van der Waals surface area contributed by atoms with E-state index in [4.69, 9.17) is 0 Å². The van der Waals surface area contributed by atoms with E-state index in [1.807, 2.05) is 44.2 Å². The van der Waals surface area contributed by atoms with E-state index < -0.39 is 16.1 Å². The Kier molecular flexibility index (Phi) is 6.47. The van der Waals surface area contributed by atoms with Crippen LogP contribution in [0.25, 0.3) is 0 Å². The molecule has 1 fully saturated rings. The van der Waals surface area contributed by atoms with Crippen LogP contribution in [0.3, 0.4) is 0 Å². The molecule has 0 aliphatic carbocycles. The number of rotatable bonds is 6. The van der Waals surface area contributed by atoms with Gasteiger partial charge in [0.2, 0.25) is 15.9 Å². The van der Waals surface area contributed by atoms with Crippen LogP contribution < -0.4 is 9.21 Å². The van der Waals surface area contributed by atoms with Gasteiger partial charge in [0, 0.05) is 31.9 Å². The first kappa shape index (κ1) is 21.2. The standard InChI is InChI=1S/C22H29N3O3S/c1-4-21(25(29(3,27)28)20-12-10-18(2)11-13-20)22(26)24-16-14-23(15-17-24)19-8-6-5-7-9-19/h5-13,21H,4,14-17H2,1-3H3. The van der Waals surface area contributed by atoms with Crippen LogP contribution in [0.5, 0.6) is 0 Å². The molecule has 1 unspecified atom stereocenters. The third-order valence-corrected chi connectivity index (χ3v) is 6.49. The average molecular weight is 416 g/mol. The second kappa shape index (κ2) is 8.86. The second-order valence-electron chi connectivity index (χ2n) is 7.47. The van der Waals surface area contributed by atoms with E-state index in [1.165, 1.54) is 4.31 Å². The summed E-state index contributed by atoms with van der Waals surface area (Å²) >= 11 is 0. The van der Waals surface area contributed by atoms with Crippen LogP contribution in [-0.4, -0.2) is 57.7 Å². The maximum atomic E-state index is 13.3. The minimum atomic E-state index is -3.60. The fourth-order valence-electron chi connectivity index (χ4n) is 3.77. The molecule has 29 heavy (non-hydrogen) atoms. The van der Waals surface area contributed by atoms with Gasteiger partial charge in [0.1, 0.15) is 6.04 Å². The fraction of sp³-hybridized carbons (Fsp3) is 0.409. The highest BCUT2D eigenvalue weighted by atomic mass is 32.2. The summed E-state index contributed by atoms with van der Waals surface area (Å²) in [5, 5.41) is 0. The van der Waals surface area contributed by atoms with Crippen molar-refractivity contribution in [1.29, 1.82) is 0 Å². The average Bonchev–Trinajstić information content (AvgIpc) is 2.72. The number of nitrogens with zero attached hydrogens (tertiary/aromatic N) is 3. The number of sulfonamides is 1. The molecular formula is C22H29N3O3S. The molecule has 1 aliphatic heterocycles. The topological polar surface area (TPSA) is 60.9 Å². The maximum Gasteiger partial charge on any atom is 0.246 e. The van der Waals surface area contributed by atoms with Crippen molar-refractivity contribution in [2.45, 2.75) is 26.3 Å². The van der Waals surface area contributed by atoms with Gasteiger partial charge in [-0.1, -0.05) is 42.8 Å². The molecule has 156 valence electrons. The van der Waals surface area contributed by atoms with Gasteiger partial charge in [0.05, 0.1) is 11.9 Å². The number of hydrogen-bond acceptors (Lipinski definition) is 4. The van der Waals surface area contributed by atoms with E-state index in [-0.39, 0.29) is 5.91 Å². The molecule has 1 aliphatic rings. The lowest BCUT2D eigenvalue weighted by molar-refractivity contribution is -0.132. The normalized spacial score (nSPS) is 15.8. The SMILES string of the molecule is CCC(C(=O)N1CCN(c2ccccc2)CC1)N(c1ccc(C)cc1)S(C)(=O)=O. The van der Waals surface area contributed by atoms with E-state index >= 15 is 0 Å². The summed E-state index contributed by atoms with van der Waals surface area (Å²) in [6, 6.07) is 16.6. The number of amides is 1. The number of carbonyl (C=O) groups is 1. The molecule has 7 heteroatoms. The molecule has 2 aromatic rings. The minimum Gasteiger partial charge on any atom is -0.368 e. The first-order valence-corrected chi connectivity index (χ1v) is 11.8. The van der Waals surface area contributed by atoms with Crippen molar-refractivity contribution in [3.05, 3.63) is 60.2 Å². The minimum absolute atomic E-state index is 0.133. The molecule has 6 nitrogen and oxygen atoms in total. The van der Waals surface area contributed by atoms with Gasteiger partial charge in [0.15, 0.2) is 0 Å². The highest BCUT2D eigenvalue weighted by molar-refractivity contribution is 7.92. The smallest absolute Gasteiger partial charge is 0.246 e. The van der Waals surface area contributed by atoms with Crippen molar-refractivity contribution in [2.24, 2.45) is 0 Å². The fourth-order valence-corrected chi connectivity index (χ4v) is 4.98. The van der Waals surface area contributed by atoms with E-state index in [0.717, 1.165) is 30.6 Å². The zero-order valence-electron chi connectivity index (χ0n) is 17.3. The van der Waals surface area contributed by atoms with Gasteiger partial charge in [-0.15, -0.1) is 0 Å². The number of aryl methyl sites for hydroxylation is 1. The molecule has 0 radical (unpaired) electrons. The Morgan fingerprint density at radius 2 is 1.59 bits per heavy atom. The maximum absolute atomic E-state index is 13.3. The molecule has 0 bridgehead atoms. The van der Waals surface area contributed by atoms with Crippen LogP contribution in [0.15, 0.2) is 54.6 Å². The summed E-state index contributed by atoms with van der Waals surface area (Å²) in [7, 11) is -3.60. The molecule has 0 saturated carbocycles. The Hall–Kier alpha value is -2.54. The van der Waals surface area contributed by atoms with Crippen LogP contribution in [-0.2, 0) is 14.8 Å². The summed E-state index contributed by atoms with van der Waals surface area (Å²) in [4.78, 5) is 17.3. The van der Waals surface area contributed by atoms with E-state index in [9.17, 15) is 13.2 Å². The summed E-state index contributed by atoms with van der Waals surface area (Å²) in [5.41, 5.74) is 2.71. The summed E-state index contributed by atoms with van der Waals surface area (Å²) in [6.07, 6.45) is 1.58. The van der Waals surface area contributed by atoms with Gasteiger partial charge in [-0.3, -0.25) is 9.10 Å². The van der Waals surface area contributed by atoms with Crippen molar-refractivity contribution in [3.63, 3.8) is 0 Å². The number of hydrogen-bond donors (Lipinski definition) is 0. The van der Waals surface area contributed by atoms with Crippen LogP contribution in [0.1, 0.15) is 18.9 Å². The zero-order valence-corrected chi connectivity index (χ0v) is 18.1. The largest absolute Gasteiger partial charge is 0.368 e. The number of piperazine rings is 1. The molecule has 1 saturated heterocycles. The Labute approximate surface area is 173 Å². The number of anilines is 2. The lowest BCUT2D eigenvalue weighted by Crippen LogP contribution is -2.56. The number of benzene rings is 2. The second-order valence-corrected chi connectivity index (χ2v) is 9.33. The molecule has 2 aromatic carbocycles.